The maximum atomic E-state index is 6.04. The van der Waals surface area contributed by atoms with Crippen LogP contribution < -0.4 is 4.74 Å². The van der Waals surface area contributed by atoms with Crippen LogP contribution in [0.2, 0.25) is 5.02 Å². The third kappa shape index (κ3) is 3.37. The highest BCUT2D eigenvalue weighted by Gasteiger charge is 2.28. The maximum absolute atomic E-state index is 6.04. The zero-order valence-electron chi connectivity index (χ0n) is 15.4. The zero-order chi connectivity index (χ0) is 19.8. The van der Waals surface area contributed by atoms with Crippen LogP contribution in [0, 0.1) is 0 Å². The second-order valence-corrected chi connectivity index (χ2v) is 7.01. The molecule has 146 valence electrons. The summed E-state index contributed by atoms with van der Waals surface area (Å²) in [5.74, 6) is 1.58. The average Bonchev–Trinajstić information content (AvgIpc) is 3.41. The molecular formula is C20H16ClN5O3. The first-order valence-electron chi connectivity index (χ1n) is 8.99. The number of hydrogen-bond acceptors (Lipinski definition) is 7. The lowest BCUT2D eigenvalue weighted by Crippen LogP contribution is -2.22. The van der Waals surface area contributed by atoms with Crippen molar-refractivity contribution in [1.82, 2.24) is 25.1 Å². The second-order valence-electron chi connectivity index (χ2n) is 6.57. The molecule has 1 aliphatic heterocycles. The number of benzene rings is 2. The van der Waals surface area contributed by atoms with Crippen molar-refractivity contribution in [1.29, 1.82) is 0 Å². The number of halogens is 1. The molecule has 5 rings (SSSR count). The van der Waals surface area contributed by atoms with E-state index in [0.717, 1.165) is 22.6 Å². The van der Waals surface area contributed by atoms with Crippen molar-refractivity contribution in [2.24, 2.45) is 0 Å². The van der Waals surface area contributed by atoms with E-state index in [2.05, 4.69) is 20.5 Å². The van der Waals surface area contributed by atoms with E-state index >= 15 is 0 Å². The standard InChI is InChI=1S/C20H16ClN5O3/c1-27-15-8-4-12(5-9-15)17-10-26-16(11-28-17)18(23-25-26)20-22-19(24-29-20)13-2-6-14(21)7-3-13/h2-9,17H,10-11H2,1H3/t17-/m0/s1. The Morgan fingerprint density at radius 2 is 1.90 bits per heavy atom. The summed E-state index contributed by atoms with van der Waals surface area (Å²) in [6.45, 7) is 0.893. The molecule has 0 fully saturated rings. The van der Waals surface area contributed by atoms with Gasteiger partial charge < -0.3 is 14.0 Å². The van der Waals surface area contributed by atoms with E-state index < -0.39 is 0 Å². The highest BCUT2D eigenvalue weighted by molar-refractivity contribution is 6.30. The summed E-state index contributed by atoms with van der Waals surface area (Å²) in [6, 6.07) is 15.0. The Balaban J connectivity index is 1.38. The van der Waals surface area contributed by atoms with Crippen LogP contribution in [0.3, 0.4) is 0 Å². The number of aromatic nitrogens is 5. The third-order valence-corrected chi connectivity index (χ3v) is 5.07. The van der Waals surface area contributed by atoms with Crippen LogP contribution in [0.5, 0.6) is 5.75 Å². The molecule has 2 aromatic carbocycles. The lowest BCUT2D eigenvalue weighted by atomic mass is 10.1. The van der Waals surface area contributed by atoms with Gasteiger partial charge in [-0.15, -0.1) is 5.10 Å². The molecule has 0 aliphatic carbocycles. The topological polar surface area (TPSA) is 88.1 Å². The Kier molecular flexibility index (Phi) is 4.49. The van der Waals surface area contributed by atoms with E-state index in [1.54, 1.807) is 19.2 Å². The third-order valence-electron chi connectivity index (χ3n) is 4.82. The number of nitrogens with zero attached hydrogens (tertiary/aromatic N) is 5. The first kappa shape index (κ1) is 17.8. The monoisotopic (exact) mass is 409 g/mol. The van der Waals surface area contributed by atoms with Crippen molar-refractivity contribution in [3.05, 3.63) is 64.8 Å². The maximum Gasteiger partial charge on any atom is 0.280 e. The summed E-state index contributed by atoms with van der Waals surface area (Å²) in [5.41, 5.74) is 3.20. The van der Waals surface area contributed by atoms with Gasteiger partial charge in [-0.25, -0.2) is 4.68 Å². The molecular weight excluding hydrogens is 394 g/mol. The molecule has 0 radical (unpaired) electrons. The number of methoxy groups -OCH3 is 1. The van der Waals surface area contributed by atoms with Crippen molar-refractivity contribution in [2.45, 2.75) is 19.3 Å². The van der Waals surface area contributed by atoms with E-state index in [1.165, 1.54) is 0 Å². The fourth-order valence-corrected chi connectivity index (χ4v) is 3.36. The summed E-state index contributed by atoms with van der Waals surface area (Å²) < 4.78 is 18.5. The lowest BCUT2D eigenvalue weighted by molar-refractivity contribution is -0.00119. The van der Waals surface area contributed by atoms with Gasteiger partial charge in [0, 0.05) is 10.6 Å². The van der Waals surface area contributed by atoms with E-state index in [9.17, 15) is 0 Å². The molecule has 0 unspecified atom stereocenters. The fourth-order valence-electron chi connectivity index (χ4n) is 3.23. The molecule has 0 bridgehead atoms. The SMILES string of the molecule is COc1ccc([C@@H]2Cn3nnc(-c4nc(-c5ccc(Cl)cc5)no4)c3CO2)cc1. The number of ether oxygens (including phenoxy) is 2. The van der Waals surface area contributed by atoms with Crippen molar-refractivity contribution in [2.75, 3.05) is 7.11 Å². The van der Waals surface area contributed by atoms with Gasteiger partial charge in [0.15, 0.2) is 5.69 Å². The van der Waals surface area contributed by atoms with Crippen molar-refractivity contribution in [3.8, 4) is 28.7 Å². The molecule has 1 atom stereocenters. The predicted octanol–water partition coefficient (Wildman–Crippen LogP) is 3.93. The van der Waals surface area contributed by atoms with Crippen LogP contribution in [0.15, 0.2) is 53.1 Å². The van der Waals surface area contributed by atoms with Gasteiger partial charge in [-0.3, -0.25) is 0 Å². The Morgan fingerprint density at radius 1 is 1.10 bits per heavy atom. The van der Waals surface area contributed by atoms with Crippen LogP contribution in [0.4, 0.5) is 0 Å². The van der Waals surface area contributed by atoms with Crippen LogP contribution >= 0.6 is 11.6 Å². The largest absolute Gasteiger partial charge is 0.497 e. The molecule has 2 aromatic heterocycles. The van der Waals surface area contributed by atoms with Gasteiger partial charge in [0.1, 0.15) is 11.9 Å². The highest BCUT2D eigenvalue weighted by Crippen LogP contribution is 2.31. The molecule has 0 N–H and O–H groups in total. The van der Waals surface area contributed by atoms with E-state index in [1.807, 2.05) is 41.1 Å². The first-order valence-corrected chi connectivity index (χ1v) is 9.37. The minimum atomic E-state index is -0.115. The van der Waals surface area contributed by atoms with Crippen molar-refractivity contribution < 1.29 is 14.0 Å². The first-order chi connectivity index (χ1) is 14.2. The van der Waals surface area contributed by atoms with Crippen molar-refractivity contribution >= 4 is 11.6 Å². The molecule has 3 heterocycles. The Morgan fingerprint density at radius 3 is 2.66 bits per heavy atom. The van der Waals surface area contributed by atoms with Gasteiger partial charge in [0.2, 0.25) is 5.82 Å². The molecule has 0 saturated heterocycles. The van der Waals surface area contributed by atoms with Gasteiger partial charge in [0.25, 0.3) is 5.89 Å². The molecule has 0 amide bonds. The second kappa shape index (κ2) is 7.31. The summed E-state index contributed by atoms with van der Waals surface area (Å²) in [4.78, 5) is 4.45. The van der Waals surface area contributed by atoms with Gasteiger partial charge in [0.05, 0.1) is 26.0 Å². The van der Waals surface area contributed by atoms with Gasteiger partial charge in [-0.1, -0.05) is 34.1 Å². The fraction of sp³-hybridized carbons (Fsp3) is 0.200. The van der Waals surface area contributed by atoms with E-state index in [-0.39, 0.29) is 6.10 Å². The molecule has 8 nitrogen and oxygen atoms in total. The van der Waals surface area contributed by atoms with Crippen LogP contribution in [0.1, 0.15) is 17.4 Å². The van der Waals surface area contributed by atoms with Gasteiger partial charge in [-0.05, 0) is 42.0 Å². The Labute approximate surface area is 171 Å². The van der Waals surface area contributed by atoms with E-state index in [4.69, 9.17) is 25.6 Å². The lowest BCUT2D eigenvalue weighted by Gasteiger charge is -2.24. The molecule has 9 heteroatoms. The number of fused-ring (bicyclic) bond motifs is 1. The summed E-state index contributed by atoms with van der Waals surface area (Å²) in [5, 5.41) is 13.2. The smallest absolute Gasteiger partial charge is 0.280 e. The molecule has 0 spiro atoms. The zero-order valence-corrected chi connectivity index (χ0v) is 16.2. The highest BCUT2D eigenvalue weighted by atomic mass is 35.5. The van der Waals surface area contributed by atoms with Crippen molar-refractivity contribution in [3.63, 3.8) is 0 Å². The predicted molar refractivity (Wildman–Crippen MR) is 104 cm³/mol. The molecule has 0 saturated carbocycles. The minimum Gasteiger partial charge on any atom is -0.497 e. The summed E-state index contributed by atoms with van der Waals surface area (Å²) in [7, 11) is 1.64. The quantitative estimate of drug-likeness (QED) is 0.504. The molecule has 29 heavy (non-hydrogen) atoms. The molecule has 4 aromatic rings. The number of rotatable bonds is 4. The van der Waals surface area contributed by atoms with E-state index in [0.29, 0.717) is 35.6 Å². The van der Waals surface area contributed by atoms with Crippen LogP contribution in [-0.4, -0.2) is 32.2 Å². The van der Waals surface area contributed by atoms with Crippen LogP contribution in [-0.2, 0) is 17.9 Å². The Bertz CT molecular complexity index is 1140. The van der Waals surface area contributed by atoms with Crippen LogP contribution in [0.25, 0.3) is 23.0 Å². The average molecular weight is 410 g/mol. The summed E-state index contributed by atoms with van der Waals surface area (Å²) in [6.07, 6.45) is -0.115. The normalized spacial score (nSPS) is 15.9. The Hall–Kier alpha value is -3.23. The summed E-state index contributed by atoms with van der Waals surface area (Å²) >= 11 is 5.93. The van der Waals surface area contributed by atoms with Gasteiger partial charge in [-0.2, -0.15) is 4.98 Å². The number of hydrogen-bond donors (Lipinski definition) is 0. The van der Waals surface area contributed by atoms with Gasteiger partial charge >= 0.3 is 0 Å². The minimum absolute atomic E-state index is 0.115. The molecule has 1 aliphatic rings.